The van der Waals surface area contributed by atoms with Crippen LogP contribution in [0.15, 0.2) is 18.2 Å². The number of rotatable bonds is 2. The molecule has 1 aliphatic rings. The number of halogens is 1. The minimum absolute atomic E-state index is 0.176. The van der Waals surface area contributed by atoms with Gasteiger partial charge in [0, 0.05) is 11.5 Å². The first-order chi connectivity index (χ1) is 6.74. The van der Waals surface area contributed by atoms with E-state index in [4.69, 9.17) is 11.6 Å². The lowest BCUT2D eigenvalue weighted by Gasteiger charge is -2.03. The quantitative estimate of drug-likeness (QED) is 0.727. The van der Waals surface area contributed by atoms with Crippen molar-refractivity contribution in [2.45, 2.75) is 26.2 Å². The molecule has 0 radical (unpaired) electrons. The molecule has 0 bridgehead atoms. The minimum atomic E-state index is 0.176. The summed E-state index contributed by atoms with van der Waals surface area (Å²) < 4.78 is 0. The van der Waals surface area contributed by atoms with E-state index in [-0.39, 0.29) is 11.7 Å². The summed E-state index contributed by atoms with van der Waals surface area (Å²) in [7, 11) is 0. The topological polar surface area (TPSA) is 17.1 Å². The molecule has 0 fully saturated rings. The molecular weight excluding hydrogens is 196 g/mol. The number of carbonyl (C=O) groups excluding carboxylic acids is 1. The zero-order valence-corrected chi connectivity index (χ0v) is 8.97. The Labute approximate surface area is 89.1 Å². The van der Waals surface area contributed by atoms with Crippen molar-refractivity contribution in [1.29, 1.82) is 0 Å². The zero-order valence-electron chi connectivity index (χ0n) is 8.22. The molecule has 14 heavy (non-hydrogen) atoms. The van der Waals surface area contributed by atoms with E-state index in [1.165, 1.54) is 0 Å². The van der Waals surface area contributed by atoms with Crippen LogP contribution in [-0.4, -0.2) is 5.78 Å². The van der Waals surface area contributed by atoms with Gasteiger partial charge in [0.2, 0.25) is 0 Å². The van der Waals surface area contributed by atoms with Gasteiger partial charge < -0.3 is 0 Å². The molecule has 0 saturated carbocycles. The predicted molar refractivity (Wildman–Crippen MR) is 57.9 cm³/mol. The van der Waals surface area contributed by atoms with Crippen LogP contribution in [0.2, 0.25) is 5.02 Å². The Hall–Kier alpha value is -0.820. The lowest BCUT2D eigenvalue weighted by molar-refractivity contribution is 0.0930. The van der Waals surface area contributed by atoms with E-state index in [2.05, 4.69) is 6.92 Å². The molecule has 0 aromatic heterocycles. The van der Waals surface area contributed by atoms with Gasteiger partial charge >= 0.3 is 0 Å². The Bertz CT molecular complexity index is 371. The number of fused-ring (bicyclic) bond motifs is 1. The normalized spacial score (nSPS) is 19.9. The first-order valence-corrected chi connectivity index (χ1v) is 5.43. The molecular formula is C12H13ClO. The van der Waals surface area contributed by atoms with Crippen molar-refractivity contribution >= 4 is 17.4 Å². The maximum Gasteiger partial charge on any atom is 0.168 e. The van der Waals surface area contributed by atoms with Crippen molar-refractivity contribution in [2.24, 2.45) is 5.92 Å². The second-order valence-electron chi connectivity index (χ2n) is 3.83. The lowest BCUT2D eigenvalue weighted by atomic mass is 10.00. The maximum absolute atomic E-state index is 11.9. The van der Waals surface area contributed by atoms with Gasteiger partial charge in [0.25, 0.3) is 0 Å². The van der Waals surface area contributed by atoms with Gasteiger partial charge in [-0.1, -0.05) is 37.1 Å². The molecule has 0 amide bonds. The highest BCUT2D eigenvalue weighted by molar-refractivity contribution is 6.34. The maximum atomic E-state index is 11.9. The van der Waals surface area contributed by atoms with Crippen LogP contribution < -0.4 is 0 Å². The smallest absolute Gasteiger partial charge is 0.168 e. The first-order valence-electron chi connectivity index (χ1n) is 5.05. The highest BCUT2D eigenvalue weighted by Gasteiger charge is 2.31. The van der Waals surface area contributed by atoms with Gasteiger partial charge in [0.15, 0.2) is 5.78 Å². The van der Waals surface area contributed by atoms with Crippen molar-refractivity contribution in [2.75, 3.05) is 0 Å². The number of hydrogen-bond donors (Lipinski definition) is 0. The largest absolute Gasteiger partial charge is 0.294 e. The van der Waals surface area contributed by atoms with E-state index in [1.54, 1.807) is 6.07 Å². The third-order valence-electron chi connectivity index (χ3n) is 2.82. The van der Waals surface area contributed by atoms with Crippen LogP contribution in [0, 0.1) is 5.92 Å². The van der Waals surface area contributed by atoms with E-state index in [1.807, 2.05) is 12.1 Å². The Balaban J connectivity index is 2.36. The number of Topliss-reactive ketones (excluding diaryl/α,β-unsaturated/α-hetero) is 1. The summed E-state index contributed by atoms with van der Waals surface area (Å²) in [5.74, 6) is 0.419. The minimum Gasteiger partial charge on any atom is -0.294 e. The third-order valence-corrected chi connectivity index (χ3v) is 3.14. The first kappa shape index (κ1) is 9.72. The molecule has 1 aliphatic carbocycles. The number of carbonyl (C=O) groups is 1. The third kappa shape index (κ3) is 1.46. The van der Waals surface area contributed by atoms with Crippen LogP contribution in [0.25, 0.3) is 0 Å². The van der Waals surface area contributed by atoms with Crippen LogP contribution in [0.5, 0.6) is 0 Å². The summed E-state index contributed by atoms with van der Waals surface area (Å²) in [5.41, 5.74) is 1.90. The monoisotopic (exact) mass is 208 g/mol. The summed E-state index contributed by atoms with van der Waals surface area (Å²) in [6, 6.07) is 5.73. The fourth-order valence-electron chi connectivity index (χ4n) is 2.16. The molecule has 0 N–H and O–H groups in total. The van der Waals surface area contributed by atoms with E-state index < -0.39 is 0 Å². The van der Waals surface area contributed by atoms with Gasteiger partial charge in [-0.15, -0.1) is 0 Å². The molecule has 1 atom stereocenters. The average molecular weight is 209 g/mol. The second-order valence-corrected chi connectivity index (χ2v) is 4.24. The van der Waals surface area contributed by atoms with Crippen molar-refractivity contribution in [3.63, 3.8) is 0 Å². The summed E-state index contributed by atoms with van der Waals surface area (Å²) in [4.78, 5) is 11.9. The highest BCUT2D eigenvalue weighted by atomic mass is 35.5. The van der Waals surface area contributed by atoms with Crippen molar-refractivity contribution in [1.82, 2.24) is 0 Å². The molecule has 0 aliphatic heterocycles. The standard InChI is InChI=1S/C12H13ClO/c1-2-4-9-7-8-5-3-6-10(13)11(8)12(9)14/h3,5-6,9H,2,4,7H2,1H3. The molecule has 2 rings (SSSR count). The van der Waals surface area contributed by atoms with Crippen LogP contribution >= 0.6 is 11.6 Å². The van der Waals surface area contributed by atoms with Gasteiger partial charge in [-0.2, -0.15) is 0 Å². The fraction of sp³-hybridized carbons (Fsp3) is 0.417. The van der Waals surface area contributed by atoms with Gasteiger partial charge in [0.05, 0.1) is 5.02 Å². The van der Waals surface area contributed by atoms with E-state index in [0.717, 1.165) is 30.4 Å². The van der Waals surface area contributed by atoms with Crippen LogP contribution in [0.1, 0.15) is 35.7 Å². The Morgan fingerprint density at radius 3 is 2.93 bits per heavy atom. The predicted octanol–water partition coefficient (Wildman–Crippen LogP) is 3.50. The molecule has 2 heteroatoms. The molecule has 0 spiro atoms. The molecule has 1 unspecified atom stereocenters. The summed E-state index contributed by atoms with van der Waals surface area (Å²) in [6.07, 6.45) is 2.91. The van der Waals surface area contributed by atoms with Crippen LogP contribution in [-0.2, 0) is 6.42 Å². The molecule has 1 aromatic rings. The van der Waals surface area contributed by atoms with Gasteiger partial charge in [-0.3, -0.25) is 4.79 Å². The Kier molecular flexibility index (Phi) is 2.60. The molecule has 1 aromatic carbocycles. The number of ketones is 1. The van der Waals surface area contributed by atoms with Crippen molar-refractivity contribution < 1.29 is 4.79 Å². The van der Waals surface area contributed by atoms with Crippen molar-refractivity contribution in [3.05, 3.63) is 34.3 Å². The van der Waals surface area contributed by atoms with E-state index in [0.29, 0.717) is 5.02 Å². The van der Waals surface area contributed by atoms with Crippen LogP contribution in [0.3, 0.4) is 0 Å². The van der Waals surface area contributed by atoms with Gasteiger partial charge in [-0.05, 0) is 24.5 Å². The Morgan fingerprint density at radius 2 is 2.29 bits per heavy atom. The Morgan fingerprint density at radius 1 is 1.50 bits per heavy atom. The lowest BCUT2D eigenvalue weighted by Crippen LogP contribution is -2.08. The molecule has 0 heterocycles. The van der Waals surface area contributed by atoms with E-state index >= 15 is 0 Å². The molecule has 1 nitrogen and oxygen atoms in total. The van der Waals surface area contributed by atoms with Crippen LogP contribution in [0.4, 0.5) is 0 Å². The highest BCUT2D eigenvalue weighted by Crippen LogP contribution is 2.33. The SMILES string of the molecule is CCCC1Cc2cccc(Cl)c2C1=O. The average Bonchev–Trinajstić information content (AvgIpc) is 2.46. The van der Waals surface area contributed by atoms with Gasteiger partial charge in [0.1, 0.15) is 0 Å². The second kappa shape index (κ2) is 3.74. The van der Waals surface area contributed by atoms with Gasteiger partial charge in [-0.25, -0.2) is 0 Å². The number of benzene rings is 1. The number of hydrogen-bond acceptors (Lipinski definition) is 1. The summed E-state index contributed by atoms with van der Waals surface area (Å²) >= 11 is 6.01. The fourth-order valence-corrected chi connectivity index (χ4v) is 2.45. The summed E-state index contributed by atoms with van der Waals surface area (Å²) in [6.45, 7) is 2.11. The van der Waals surface area contributed by atoms with Crippen molar-refractivity contribution in [3.8, 4) is 0 Å². The molecule has 74 valence electrons. The molecule has 0 saturated heterocycles. The summed E-state index contributed by atoms with van der Waals surface area (Å²) in [5, 5.41) is 0.617. The zero-order chi connectivity index (χ0) is 10.1. The van der Waals surface area contributed by atoms with E-state index in [9.17, 15) is 4.79 Å².